The van der Waals surface area contributed by atoms with Gasteiger partial charge in [0.15, 0.2) is 6.10 Å². The van der Waals surface area contributed by atoms with Gasteiger partial charge in [-0.2, -0.15) is 13.2 Å². The summed E-state index contributed by atoms with van der Waals surface area (Å²) in [5.41, 5.74) is -1.16. The highest BCUT2D eigenvalue weighted by Gasteiger charge is 2.59. The average Bonchev–Trinajstić information content (AvgIpc) is 3.17. The Kier molecular flexibility index (Phi) is 5.62. The summed E-state index contributed by atoms with van der Waals surface area (Å²) in [6, 6.07) is 0. The Morgan fingerprint density at radius 1 is 1.21 bits per heavy atom. The van der Waals surface area contributed by atoms with Gasteiger partial charge in [-0.3, -0.25) is 9.59 Å². The molecule has 3 aliphatic rings. The Bertz CT molecular complexity index is 650. The van der Waals surface area contributed by atoms with Crippen molar-refractivity contribution in [2.75, 3.05) is 13.2 Å². The van der Waals surface area contributed by atoms with Gasteiger partial charge >= 0.3 is 24.1 Å². The van der Waals surface area contributed by atoms with Crippen LogP contribution in [0.2, 0.25) is 0 Å². The van der Waals surface area contributed by atoms with Crippen molar-refractivity contribution in [3.63, 3.8) is 0 Å². The number of carbonyl (C=O) groups is 3. The molecular weight excluding hydrogens is 385 g/mol. The number of esters is 3. The van der Waals surface area contributed by atoms with Gasteiger partial charge in [-0.1, -0.05) is 6.92 Å². The predicted octanol–water partition coefficient (Wildman–Crippen LogP) is 2.16. The zero-order valence-electron chi connectivity index (χ0n) is 15.6. The highest BCUT2D eigenvalue weighted by Crippen LogP contribution is 2.47. The van der Waals surface area contributed by atoms with Crippen LogP contribution in [0.3, 0.4) is 0 Å². The van der Waals surface area contributed by atoms with E-state index in [0.29, 0.717) is 6.42 Å². The lowest BCUT2D eigenvalue weighted by Crippen LogP contribution is -2.45. The molecule has 1 saturated carbocycles. The highest BCUT2D eigenvalue weighted by atomic mass is 19.4. The van der Waals surface area contributed by atoms with E-state index in [1.807, 2.05) is 0 Å². The van der Waals surface area contributed by atoms with Gasteiger partial charge in [0.1, 0.15) is 12.2 Å². The summed E-state index contributed by atoms with van der Waals surface area (Å²) >= 11 is 0. The van der Waals surface area contributed by atoms with Crippen LogP contribution in [0.25, 0.3) is 0 Å². The molecule has 2 aliphatic heterocycles. The predicted molar refractivity (Wildman–Crippen MR) is 85.7 cm³/mol. The third-order valence-corrected chi connectivity index (χ3v) is 5.89. The minimum absolute atomic E-state index is 0.117. The fourth-order valence-corrected chi connectivity index (χ4v) is 3.74. The van der Waals surface area contributed by atoms with Crippen LogP contribution in [0.1, 0.15) is 39.5 Å². The Labute approximate surface area is 159 Å². The minimum Gasteiger partial charge on any atom is -0.464 e. The number of ether oxygens (including phenoxy) is 4. The second-order valence-corrected chi connectivity index (χ2v) is 7.82. The van der Waals surface area contributed by atoms with Crippen LogP contribution in [0, 0.1) is 17.3 Å². The van der Waals surface area contributed by atoms with E-state index in [4.69, 9.17) is 18.9 Å². The summed E-state index contributed by atoms with van der Waals surface area (Å²) in [5, 5.41) is 0. The summed E-state index contributed by atoms with van der Waals surface area (Å²) in [6.07, 6.45) is -7.33. The first-order valence-electron chi connectivity index (χ1n) is 9.31. The molecule has 7 nitrogen and oxygen atoms in total. The van der Waals surface area contributed by atoms with Crippen molar-refractivity contribution in [1.82, 2.24) is 0 Å². The van der Waals surface area contributed by atoms with E-state index < -0.39 is 66.1 Å². The van der Waals surface area contributed by atoms with Crippen molar-refractivity contribution < 1.29 is 46.5 Å². The molecular formula is C18H23F3O7. The van der Waals surface area contributed by atoms with Gasteiger partial charge in [0.25, 0.3) is 0 Å². The molecule has 3 fully saturated rings. The standard InChI is InChI=1S/C18H23F3O7/c1-3-17(2,8-26-11-4-5-25-15(11)23)16(24)28-13-7-10(18(19,20)21)9-6-12(13)27-14(9)22/h9-13H,3-8H2,1-2H3. The van der Waals surface area contributed by atoms with Crippen LogP contribution in [-0.4, -0.2) is 55.6 Å². The van der Waals surface area contributed by atoms with E-state index in [1.165, 1.54) is 0 Å². The molecule has 2 saturated heterocycles. The molecule has 6 unspecified atom stereocenters. The number of hydrogen-bond donors (Lipinski definition) is 0. The maximum Gasteiger partial charge on any atom is 0.392 e. The van der Waals surface area contributed by atoms with Crippen LogP contribution in [0.4, 0.5) is 13.2 Å². The van der Waals surface area contributed by atoms with Crippen LogP contribution in [-0.2, 0) is 33.3 Å². The fraction of sp³-hybridized carbons (Fsp3) is 0.833. The Balaban J connectivity index is 1.66. The van der Waals surface area contributed by atoms with E-state index in [0.717, 1.165) is 0 Å². The summed E-state index contributed by atoms with van der Waals surface area (Å²) < 4.78 is 60.6. The highest BCUT2D eigenvalue weighted by molar-refractivity contribution is 5.78. The normalized spacial score (nSPS) is 34.5. The second-order valence-electron chi connectivity index (χ2n) is 7.82. The number of cyclic esters (lactones) is 1. The van der Waals surface area contributed by atoms with Gasteiger partial charge in [0.2, 0.25) is 0 Å². The smallest absolute Gasteiger partial charge is 0.392 e. The maximum absolute atomic E-state index is 13.3. The minimum atomic E-state index is -4.58. The molecule has 0 amide bonds. The van der Waals surface area contributed by atoms with Crippen LogP contribution in [0.15, 0.2) is 0 Å². The quantitative estimate of drug-likeness (QED) is 0.492. The van der Waals surface area contributed by atoms with E-state index in [2.05, 4.69) is 0 Å². The Morgan fingerprint density at radius 3 is 2.50 bits per heavy atom. The molecule has 1 aliphatic carbocycles. The summed E-state index contributed by atoms with van der Waals surface area (Å²) in [6.45, 7) is 3.38. The lowest BCUT2D eigenvalue weighted by atomic mass is 9.78. The second kappa shape index (κ2) is 7.53. The zero-order chi connectivity index (χ0) is 20.7. The maximum atomic E-state index is 13.3. The molecule has 158 valence electrons. The lowest BCUT2D eigenvalue weighted by molar-refractivity contribution is -0.208. The Hall–Kier alpha value is -1.84. The molecule has 0 aromatic heterocycles. The Morgan fingerprint density at radius 2 is 1.93 bits per heavy atom. The molecule has 3 rings (SSSR count). The molecule has 0 radical (unpaired) electrons. The molecule has 0 N–H and O–H groups in total. The molecule has 2 heterocycles. The van der Waals surface area contributed by atoms with E-state index in [-0.39, 0.29) is 26.1 Å². The lowest BCUT2D eigenvalue weighted by Gasteiger charge is -2.35. The van der Waals surface area contributed by atoms with Gasteiger partial charge < -0.3 is 18.9 Å². The summed E-state index contributed by atoms with van der Waals surface area (Å²) in [7, 11) is 0. The summed E-state index contributed by atoms with van der Waals surface area (Å²) in [5.74, 6) is -5.28. The van der Waals surface area contributed by atoms with Crippen molar-refractivity contribution in [2.24, 2.45) is 17.3 Å². The monoisotopic (exact) mass is 408 g/mol. The molecule has 0 spiro atoms. The molecule has 0 aromatic rings. The third-order valence-electron chi connectivity index (χ3n) is 5.89. The van der Waals surface area contributed by atoms with E-state index in [1.54, 1.807) is 13.8 Å². The number of alkyl halides is 3. The number of halogens is 3. The number of carbonyl (C=O) groups excluding carboxylic acids is 3. The average molecular weight is 408 g/mol. The largest absolute Gasteiger partial charge is 0.464 e. The van der Waals surface area contributed by atoms with Crippen LogP contribution >= 0.6 is 0 Å². The van der Waals surface area contributed by atoms with E-state index in [9.17, 15) is 27.6 Å². The zero-order valence-corrected chi connectivity index (χ0v) is 15.6. The van der Waals surface area contributed by atoms with Crippen LogP contribution < -0.4 is 0 Å². The SMILES string of the molecule is CCC(C)(COC1CCOC1=O)C(=O)OC1CC(C(F)(F)F)C2CC1OC2=O. The number of fused-ring (bicyclic) bond motifs is 2. The van der Waals surface area contributed by atoms with Gasteiger partial charge in [-0.15, -0.1) is 0 Å². The molecule has 28 heavy (non-hydrogen) atoms. The number of hydrogen-bond acceptors (Lipinski definition) is 7. The fourth-order valence-electron chi connectivity index (χ4n) is 3.74. The van der Waals surface area contributed by atoms with Gasteiger partial charge in [0.05, 0.1) is 30.5 Å². The van der Waals surface area contributed by atoms with Crippen molar-refractivity contribution >= 4 is 17.9 Å². The topological polar surface area (TPSA) is 88.1 Å². The first-order valence-corrected chi connectivity index (χ1v) is 9.31. The molecule has 0 aromatic carbocycles. The van der Waals surface area contributed by atoms with Crippen molar-refractivity contribution in [3.05, 3.63) is 0 Å². The summed E-state index contributed by atoms with van der Waals surface area (Å²) in [4.78, 5) is 36.0. The first-order chi connectivity index (χ1) is 13.0. The van der Waals surface area contributed by atoms with Crippen molar-refractivity contribution in [2.45, 2.75) is 64.0 Å². The number of rotatable bonds is 6. The first kappa shape index (κ1) is 20.9. The van der Waals surface area contributed by atoms with E-state index >= 15 is 0 Å². The molecule has 10 heteroatoms. The molecule has 2 bridgehead atoms. The van der Waals surface area contributed by atoms with Gasteiger partial charge in [-0.05, 0) is 13.3 Å². The molecule has 6 atom stereocenters. The van der Waals surface area contributed by atoms with Gasteiger partial charge in [0, 0.05) is 19.3 Å². The van der Waals surface area contributed by atoms with Crippen molar-refractivity contribution in [3.8, 4) is 0 Å². The van der Waals surface area contributed by atoms with Crippen LogP contribution in [0.5, 0.6) is 0 Å². The van der Waals surface area contributed by atoms with Crippen molar-refractivity contribution in [1.29, 1.82) is 0 Å². The third kappa shape index (κ3) is 3.97. The van der Waals surface area contributed by atoms with Gasteiger partial charge in [-0.25, -0.2) is 4.79 Å².